The van der Waals surface area contributed by atoms with E-state index in [9.17, 15) is 9.59 Å². The van der Waals surface area contributed by atoms with Crippen LogP contribution in [-0.2, 0) is 4.79 Å². The minimum Gasteiger partial charge on any atom is -0.493 e. The van der Waals surface area contributed by atoms with Gasteiger partial charge in [-0.2, -0.15) is 0 Å². The first kappa shape index (κ1) is 18.1. The van der Waals surface area contributed by atoms with E-state index in [0.29, 0.717) is 17.1 Å². The lowest BCUT2D eigenvalue weighted by Gasteiger charge is -2.27. The van der Waals surface area contributed by atoms with Gasteiger partial charge in [-0.25, -0.2) is 0 Å². The molecule has 2 amide bonds. The molecule has 6 heteroatoms. The van der Waals surface area contributed by atoms with Gasteiger partial charge in [-0.3, -0.25) is 9.59 Å². The highest BCUT2D eigenvalue weighted by Gasteiger charge is 2.23. The maximum atomic E-state index is 12.8. The zero-order valence-corrected chi connectivity index (χ0v) is 14.4. The highest BCUT2D eigenvalue weighted by atomic mass is 16.5. The molecule has 0 bridgehead atoms. The molecule has 0 atom stereocenters. The first-order chi connectivity index (χ1) is 11.5. The lowest BCUT2D eigenvalue weighted by Crippen LogP contribution is -2.36. The van der Waals surface area contributed by atoms with Crippen molar-refractivity contribution in [2.75, 3.05) is 20.8 Å². The molecule has 0 aliphatic heterocycles. The lowest BCUT2D eigenvalue weighted by molar-refractivity contribution is -0.119. The van der Waals surface area contributed by atoms with Crippen molar-refractivity contribution in [2.24, 2.45) is 5.73 Å². The van der Waals surface area contributed by atoms with Gasteiger partial charge in [0.05, 0.1) is 7.11 Å². The van der Waals surface area contributed by atoms with Gasteiger partial charge in [0, 0.05) is 18.7 Å². The number of nitrogens with zero attached hydrogens (tertiary/aromatic N) is 1. The number of hydrogen-bond acceptors (Lipinski definition) is 4. The zero-order chi connectivity index (χ0) is 17.5. The SMILES string of the molecule is COc1cc(C(=O)N(C)C2CCCCCC2)ccc1OCC(N)=O. The Morgan fingerprint density at radius 2 is 1.83 bits per heavy atom. The predicted molar refractivity (Wildman–Crippen MR) is 91.3 cm³/mol. The van der Waals surface area contributed by atoms with Crippen LogP contribution < -0.4 is 15.2 Å². The van der Waals surface area contributed by atoms with Crippen molar-refractivity contribution in [1.29, 1.82) is 0 Å². The van der Waals surface area contributed by atoms with Crippen LogP contribution in [0.15, 0.2) is 18.2 Å². The summed E-state index contributed by atoms with van der Waals surface area (Å²) in [7, 11) is 3.36. The molecular weight excluding hydrogens is 308 g/mol. The first-order valence-electron chi connectivity index (χ1n) is 8.39. The average Bonchev–Trinajstić information content (AvgIpc) is 2.87. The summed E-state index contributed by atoms with van der Waals surface area (Å²) in [6.07, 6.45) is 6.95. The highest BCUT2D eigenvalue weighted by molar-refractivity contribution is 5.95. The molecule has 0 unspecified atom stereocenters. The summed E-state index contributed by atoms with van der Waals surface area (Å²) in [6, 6.07) is 5.26. The van der Waals surface area contributed by atoms with Crippen LogP contribution in [0.5, 0.6) is 11.5 Å². The Labute approximate surface area is 142 Å². The fourth-order valence-electron chi connectivity index (χ4n) is 3.08. The molecule has 1 saturated carbocycles. The third-order valence-electron chi connectivity index (χ3n) is 4.47. The molecule has 6 nitrogen and oxygen atoms in total. The van der Waals surface area contributed by atoms with Crippen LogP contribution in [0.3, 0.4) is 0 Å². The molecule has 0 saturated heterocycles. The van der Waals surface area contributed by atoms with Gasteiger partial charge < -0.3 is 20.1 Å². The van der Waals surface area contributed by atoms with E-state index in [1.807, 2.05) is 11.9 Å². The van der Waals surface area contributed by atoms with E-state index in [4.69, 9.17) is 15.2 Å². The molecular formula is C18H26N2O4. The van der Waals surface area contributed by atoms with Crippen molar-refractivity contribution in [3.63, 3.8) is 0 Å². The average molecular weight is 334 g/mol. The van der Waals surface area contributed by atoms with E-state index in [2.05, 4.69) is 0 Å². The molecule has 24 heavy (non-hydrogen) atoms. The molecule has 2 N–H and O–H groups in total. The molecule has 132 valence electrons. The number of ether oxygens (including phenoxy) is 2. The second kappa shape index (κ2) is 8.57. The van der Waals surface area contributed by atoms with Crippen LogP contribution in [0.1, 0.15) is 48.9 Å². The Balaban J connectivity index is 2.12. The van der Waals surface area contributed by atoms with Crippen molar-refractivity contribution < 1.29 is 19.1 Å². The van der Waals surface area contributed by atoms with Gasteiger partial charge in [0.1, 0.15) is 0 Å². The number of carbonyl (C=O) groups is 2. The van der Waals surface area contributed by atoms with Crippen LogP contribution in [0, 0.1) is 0 Å². The van der Waals surface area contributed by atoms with E-state index < -0.39 is 5.91 Å². The van der Waals surface area contributed by atoms with Crippen LogP contribution in [0.4, 0.5) is 0 Å². The standard InChI is InChI=1S/C18H26N2O4/c1-20(14-7-5-3-4-6-8-14)18(22)13-9-10-15(16(11-13)23-2)24-12-17(19)21/h9-11,14H,3-8,12H2,1-2H3,(H2,19,21). The third kappa shape index (κ3) is 4.63. The summed E-state index contributed by atoms with van der Waals surface area (Å²) in [4.78, 5) is 25.4. The Bertz CT molecular complexity index is 580. The van der Waals surface area contributed by atoms with E-state index in [1.54, 1.807) is 18.2 Å². The van der Waals surface area contributed by atoms with Gasteiger partial charge in [0.25, 0.3) is 11.8 Å². The Kier molecular flexibility index (Phi) is 6.46. The van der Waals surface area contributed by atoms with Crippen LogP contribution >= 0.6 is 0 Å². The van der Waals surface area contributed by atoms with E-state index >= 15 is 0 Å². The number of primary amides is 1. The smallest absolute Gasteiger partial charge is 0.255 e. The number of rotatable bonds is 6. The second-order valence-corrected chi connectivity index (χ2v) is 6.18. The van der Waals surface area contributed by atoms with Crippen LogP contribution in [0.2, 0.25) is 0 Å². The topological polar surface area (TPSA) is 81.9 Å². The third-order valence-corrected chi connectivity index (χ3v) is 4.47. The normalized spacial score (nSPS) is 15.4. The van der Waals surface area contributed by atoms with Crippen molar-refractivity contribution >= 4 is 11.8 Å². The minimum atomic E-state index is -0.565. The quantitative estimate of drug-likeness (QED) is 0.810. The van der Waals surface area contributed by atoms with E-state index in [-0.39, 0.29) is 18.6 Å². The summed E-state index contributed by atoms with van der Waals surface area (Å²) in [5, 5.41) is 0. The summed E-state index contributed by atoms with van der Waals surface area (Å²) < 4.78 is 10.6. The largest absolute Gasteiger partial charge is 0.493 e. The number of methoxy groups -OCH3 is 1. The van der Waals surface area contributed by atoms with Gasteiger partial charge in [-0.05, 0) is 31.0 Å². The molecule has 0 radical (unpaired) electrons. The summed E-state index contributed by atoms with van der Waals surface area (Å²) in [5.41, 5.74) is 5.63. The minimum absolute atomic E-state index is 0.0262. The first-order valence-corrected chi connectivity index (χ1v) is 8.39. The van der Waals surface area contributed by atoms with Crippen molar-refractivity contribution in [3.8, 4) is 11.5 Å². The lowest BCUT2D eigenvalue weighted by atomic mass is 10.1. The summed E-state index contributed by atoms with van der Waals surface area (Å²) >= 11 is 0. The van der Waals surface area contributed by atoms with Crippen molar-refractivity contribution in [3.05, 3.63) is 23.8 Å². The number of nitrogens with two attached hydrogens (primary N) is 1. The van der Waals surface area contributed by atoms with E-state index in [1.165, 1.54) is 32.8 Å². The number of amides is 2. The maximum absolute atomic E-state index is 12.8. The molecule has 1 fully saturated rings. The summed E-state index contributed by atoms with van der Waals surface area (Å²) in [6.45, 7) is -0.231. The van der Waals surface area contributed by atoms with Gasteiger partial charge >= 0.3 is 0 Å². The molecule has 0 spiro atoms. The molecule has 1 aromatic carbocycles. The van der Waals surface area contributed by atoms with Crippen molar-refractivity contribution in [1.82, 2.24) is 4.90 Å². The molecule has 0 aromatic heterocycles. The molecule has 1 aliphatic rings. The second-order valence-electron chi connectivity index (χ2n) is 6.18. The van der Waals surface area contributed by atoms with Crippen LogP contribution in [-0.4, -0.2) is 43.5 Å². The number of benzene rings is 1. The van der Waals surface area contributed by atoms with Gasteiger partial charge in [0.15, 0.2) is 18.1 Å². The Morgan fingerprint density at radius 3 is 2.42 bits per heavy atom. The zero-order valence-electron chi connectivity index (χ0n) is 14.4. The highest BCUT2D eigenvalue weighted by Crippen LogP contribution is 2.29. The fraction of sp³-hybridized carbons (Fsp3) is 0.556. The molecule has 0 heterocycles. The predicted octanol–water partition coefficient (Wildman–Crippen LogP) is 2.35. The van der Waals surface area contributed by atoms with E-state index in [0.717, 1.165) is 12.8 Å². The van der Waals surface area contributed by atoms with Crippen molar-refractivity contribution in [2.45, 2.75) is 44.6 Å². The number of carbonyl (C=O) groups excluding carboxylic acids is 2. The maximum Gasteiger partial charge on any atom is 0.255 e. The van der Waals surface area contributed by atoms with Gasteiger partial charge in [-0.15, -0.1) is 0 Å². The fourth-order valence-corrected chi connectivity index (χ4v) is 3.08. The molecule has 1 aliphatic carbocycles. The Morgan fingerprint density at radius 1 is 1.17 bits per heavy atom. The summed E-state index contributed by atoms with van der Waals surface area (Å²) in [5.74, 6) is 0.216. The number of hydrogen-bond donors (Lipinski definition) is 1. The molecule has 1 aromatic rings. The molecule has 2 rings (SSSR count). The van der Waals surface area contributed by atoms with Gasteiger partial charge in [0.2, 0.25) is 0 Å². The van der Waals surface area contributed by atoms with Crippen LogP contribution in [0.25, 0.3) is 0 Å². The Hall–Kier alpha value is -2.24. The monoisotopic (exact) mass is 334 g/mol. The van der Waals surface area contributed by atoms with Gasteiger partial charge in [-0.1, -0.05) is 25.7 Å².